The molecular weight excluding hydrogens is 248 g/mol. The van der Waals surface area contributed by atoms with Gasteiger partial charge in [0.2, 0.25) is 0 Å². The van der Waals surface area contributed by atoms with Crippen LogP contribution in [0.2, 0.25) is 0 Å². The molecular formula is C17H18N2O. The second-order valence-corrected chi connectivity index (χ2v) is 4.88. The quantitative estimate of drug-likeness (QED) is 0.856. The van der Waals surface area contributed by atoms with Crippen molar-refractivity contribution < 1.29 is 4.74 Å². The van der Waals surface area contributed by atoms with Gasteiger partial charge in [0.1, 0.15) is 5.75 Å². The maximum absolute atomic E-state index is 5.45. The molecule has 0 saturated heterocycles. The average molecular weight is 266 g/mol. The Kier molecular flexibility index (Phi) is 3.68. The van der Waals surface area contributed by atoms with Crippen LogP contribution in [0.4, 0.5) is 5.69 Å². The Morgan fingerprint density at radius 3 is 2.65 bits per heavy atom. The number of anilines is 1. The van der Waals surface area contributed by atoms with Crippen molar-refractivity contribution in [2.24, 2.45) is 5.10 Å². The molecule has 1 aliphatic rings. The highest BCUT2D eigenvalue weighted by Crippen LogP contribution is 2.29. The van der Waals surface area contributed by atoms with Crippen LogP contribution in [0.25, 0.3) is 0 Å². The first-order chi connectivity index (χ1) is 9.88. The predicted octanol–water partition coefficient (Wildman–Crippen LogP) is 3.85. The van der Waals surface area contributed by atoms with E-state index in [1.54, 1.807) is 7.11 Å². The van der Waals surface area contributed by atoms with E-state index in [1.165, 1.54) is 11.1 Å². The maximum atomic E-state index is 5.45. The SMILES string of the molecule is COc1cccc2c1CCC/C2=N/Nc1ccccc1. The summed E-state index contributed by atoms with van der Waals surface area (Å²) in [6.45, 7) is 0. The van der Waals surface area contributed by atoms with Crippen molar-refractivity contribution in [3.63, 3.8) is 0 Å². The number of ether oxygens (including phenoxy) is 1. The zero-order valence-corrected chi connectivity index (χ0v) is 11.6. The summed E-state index contributed by atoms with van der Waals surface area (Å²) in [5, 5.41) is 4.58. The van der Waals surface area contributed by atoms with Gasteiger partial charge >= 0.3 is 0 Å². The van der Waals surface area contributed by atoms with Crippen LogP contribution in [0, 0.1) is 0 Å². The highest BCUT2D eigenvalue weighted by Gasteiger charge is 2.18. The second kappa shape index (κ2) is 5.78. The number of benzene rings is 2. The smallest absolute Gasteiger partial charge is 0.122 e. The van der Waals surface area contributed by atoms with Gasteiger partial charge < -0.3 is 4.74 Å². The molecule has 2 aromatic rings. The predicted molar refractivity (Wildman–Crippen MR) is 82.5 cm³/mol. The first-order valence-electron chi connectivity index (χ1n) is 6.92. The lowest BCUT2D eigenvalue weighted by molar-refractivity contribution is 0.408. The normalized spacial score (nSPS) is 15.8. The second-order valence-electron chi connectivity index (χ2n) is 4.88. The van der Waals surface area contributed by atoms with Crippen LogP contribution in [0.1, 0.15) is 24.0 Å². The van der Waals surface area contributed by atoms with Gasteiger partial charge in [-0.15, -0.1) is 0 Å². The van der Waals surface area contributed by atoms with E-state index in [2.05, 4.69) is 16.6 Å². The largest absolute Gasteiger partial charge is 0.496 e. The minimum absolute atomic E-state index is 0.967. The topological polar surface area (TPSA) is 33.6 Å². The Balaban J connectivity index is 1.90. The van der Waals surface area contributed by atoms with Gasteiger partial charge in [-0.1, -0.05) is 30.3 Å². The number of fused-ring (bicyclic) bond motifs is 1. The van der Waals surface area contributed by atoms with E-state index >= 15 is 0 Å². The molecule has 0 amide bonds. The first-order valence-corrected chi connectivity index (χ1v) is 6.92. The fraction of sp³-hybridized carbons (Fsp3) is 0.235. The molecule has 0 unspecified atom stereocenters. The van der Waals surface area contributed by atoms with E-state index in [9.17, 15) is 0 Å². The standard InChI is InChI=1S/C17H18N2O/c1-20-17-12-6-9-14-15(17)10-5-11-16(14)19-18-13-7-3-2-4-8-13/h2-4,6-9,12,18H,5,10-11H2,1H3/b19-16-. The summed E-state index contributed by atoms with van der Waals surface area (Å²) in [6, 6.07) is 16.2. The third-order valence-corrected chi connectivity index (χ3v) is 3.60. The molecule has 1 aliphatic carbocycles. The Hall–Kier alpha value is -2.29. The molecule has 0 radical (unpaired) electrons. The first kappa shape index (κ1) is 12.7. The zero-order valence-electron chi connectivity index (χ0n) is 11.6. The molecule has 0 spiro atoms. The monoisotopic (exact) mass is 266 g/mol. The molecule has 0 aromatic heterocycles. The van der Waals surface area contributed by atoms with Crippen molar-refractivity contribution >= 4 is 11.4 Å². The van der Waals surface area contributed by atoms with E-state index in [4.69, 9.17) is 4.74 Å². The summed E-state index contributed by atoms with van der Waals surface area (Å²) in [4.78, 5) is 0. The van der Waals surface area contributed by atoms with Gasteiger partial charge in [-0.3, -0.25) is 5.43 Å². The number of hydrazone groups is 1. The van der Waals surface area contributed by atoms with Gasteiger partial charge in [-0.05, 0) is 37.5 Å². The molecule has 2 aromatic carbocycles. The summed E-state index contributed by atoms with van der Waals surface area (Å²) in [5.41, 5.74) is 7.74. The Morgan fingerprint density at radius 2 is 1.85 bits per heavy atom. The molecule has 0 saturated carbocycles. The summed E-state index contributed by atoms with van der Waals surface area (Å²) in [7, 11) is 1.73. The molecule has 3 heteroatoms. The van der Waals surface area contributed by atoms with Crippen LogP contribution in [-0.4, -0.2) is 12.8 Å². The summed E-state index contributed by atoms with van der Waals surface area (Å²) >= 11 is 0. The molecule has 3 rings (SSSR count). The number of methoxy groups -OCH3 is 1. The van der Waals surface area contributed by atoms with Crippen molar-refractivity contribution in [2.45, 2.75) is 19.3 Å². The van der Waals surface area contributed by atoms with Gasteiger partial charge in [-0.2, -0.15) is 5.10 Å². The average Bonchev–Trinajstić information content (AvgIpc) is 2.53. The minimum Gasteiger partial charge on any atom is -0.496 e. The van der Waals surface area contributed by atoms with Crippen molar-refractivity contribution in [2.75, 3.05) is 12.5 Å². The number of rotatable bonds is 3. The number of nitrogens with one attached hydrogen (secondary N) is 1. The Bertz CT molecular complexity index is 620. The van der Waals surface area contributed by atoms with Gasteiger partial charge in [0, 0.05) is 11.1 Å². The summed E-state index contributed by atoms with van der Waals surface area (Å²) < 4.78 is 5.45. The number of nitrogens with zero attached hydrogens (tertiary/aromatic N) is 1. The number of hydrogen-bond donors (Lipinski definition) is 1. The van der Waals surface area contributed by atoms with Crippen LogP contribution in [0.15, 0.2) is 53.6 Å². The highest BCUT2D eigenvalue weighted by atomic mass is 16.5. The van der Waals surface area contributed by atoms with Gasteiger partial charge in [0.25, 0.3) is 0 Å². The third kappa shape index (κ3) is 2.52. The van der Waals surface area contributed by atoms with Gasteiger partial charge in [0.05, 0.1) is 18.5 Å². The van der Waals surface area contributed by atoms with E-state index in [1.807, 2.05) is 42.5 Å². The van der Waals surface area contributed by atoms with E-state index in [0.29, 0.717) is 0 Å². The van der Waals surface area contributed by atoms with Crippen molar-refractivity contribution in [1.29, 1.82) is 0 Å². The van der Waals surface area contributed by atoms with Crippen molar-refractivity contribution in [3.05, 3.63) is 59.7 Å². The van der Waals surface area contributed by atoms with Gasteiger partial charge in [0.15, 0.2) is 0 Å². The van der Waals surface area contributed by atoms with Crippen molar-refractivity contribution in [3.8, 4) is 5.75 Å². The Labute approximate surface area is 119 Å². The van der Waals surface area contributed by atoms with Crippen LogP contribution >= 0.6 is 0 Å². The molecule has 0 aliphatic heterocycles. The summed E-state index contributed by atoms with van der Waals surface area (Å²) in [5.74, 6) is 0.967. The molecule has 3 nitrogen and oxygen atoms in total. The fourth-order valence-electron chi connectivity index (χ4n) is 2.61. The lowest BCUT2D eigenvalue weighted by Crippen LogP contribution is -2.14. The number of para-hydroxylation sites is 1. The maximum Gasteiger partial charge on any atom is 0.122 e. The van der Waals surface area contributed by atoms with Crippen molar-refractivity contribution in [1.82, 2.24) is 0 Å². The van der Waals surface area contributed by atoms with Crippen LogP contribution in [0.3, 0.4) is 0 Å². The third-order valence-electron chi connectivity index (χ3n) is 3.60. The molecule has 1 N–H and O–H groups in total. The number of hydrogen-bond acceptors (Lipinski definition) is 3. The van der Waals surface area contributed by atoms with Crippen LogP contribution < -0.4 is 10.2 Å². The molecule has 0 atom stereocenters. The highest BCUT2D eigenvalue weighted by molar-refractivity contribution is 6.03. The molecule has 0 bridgehead atoms. The molecule has 20 heavy (non-hydrogen) atoms. The minimum atomic E-state index is 0.967. The van der Waals surface area contributed by atoms with E-state index < -0.39 is 0 Å². The molecule has 102 valence electrons. The van der Waals surface area contributed by atoms with Crippen LogP contribution in [0.5, 0.6) is 5.75 Å². The van der Waals surface area contributed by atoms with Crippen LogP contribution in [-0.2, 0) is 6.42 Å². The van der Waals surface area contributed by atoms with E-state index in [-0.39, 0.29) is 0 Å². The van der Waals surface area contributed by atoms with Gasteiger partial charge in [-0.25, -0.2) is 0 Å². The molecule has 0 fully saturated rings. The fourth-order valence-corrected chi connectivity index (χ4v) is 2.61. The lowest BCUT2D eigenvalue weighted by atomic mass is 9.89. The Morgan fingerprint density at radius 1 is 1.00 bits per heavy atom. The summed E-state index contributed by atoms with van der Waals surface area (Å²) in [6.07, 6.45) is 3.17. The zero-order chi connectivity index (χ0) is 13.8. The molecule has 0 heterocycles. The van der Waals surface area contributed by atoms with E-state index in [0.717, 1.165) is 36.4 Å². The lowest BCUT2D eigenvalue weighted by Gasteiger charge is -2.20.